The van der Waals surface area contributed by atoms with Crippen molar-refractivity contribution in [2.45, 2.75) is 45.3 Å². The molecule has 1 aromatic carbocycles. The maximum absolute atomic E-state index is 12.1. The van der Waals surface area contributed by atoms with Crippen molar-refractivity contribution in [1.29, 1.82) is 0 Å². The molecule has 22 heavy (non-hydrogen) atoms. The van der Waals surface area contributed by atoms with Crippen molar-refractivity contribution >= 4 is 11.7 Å². The summed E-state index contributed by atoms with van der Waals surface area (Å²) >= 11 is 0. The highest BCUT2D eigenvalue weighted by molar-refractivity contribution is 5.89. The van der Waals surface area contributed by atoms with Gasteiger partial charge in [-0.2, -0.15) is 0 Å². The summed E-state index contributed by atoms with van der Waals surface area (Å²) in [6, 6.07) is 7.50. The number of hydrogen-bond donors (Lipinski definition) is 3. The molecule has 0 aromatic heterocycles. The molecule has 0 spiro atoms. The van der Waals surface area contributed by atoms with Crippen LogP contribution in [0, 0.1) is 5.92 Å². The molecule has 2 atom stereocenters. The third-order valence-electron chi connectivity index (χ3n) is 4.14. The molecule has 122 valence electrons. The lowest BCUT2D eigenvalue weighted by Gasteiger charge is -2.30. The Morgan fingerprint density at radius 1 is 1.27 bits per heavy atom. The summed E-state index contributed by atoms with van der Waals surface area (Å²) < 4.78 is 5.34. The summed E-state index contributed by atoms with van der Waals surface area (Å²) in [4.78, 5) is 12.1. The lowest BCUT2D eigenvalue weighted by atomic mass is 9.85. The first-order valence-corrected chi connectivity index (χ1v) is 8.08. The smallest absolute Gasteiger partial charge is 0.319 e. The minimum Gasteiger partial charge on any atom is -0.396 e. The molecule has 1 saturated carbocycles. The van der Waals surface area contributed by atoms with Crippen molar-refractivity contribution in [3.8, 4) is 0 Å². The van der Waals surface area contributed by atoms with Gasteiger partial charge in [0.25, 0.3) is 0 Å². The number of carbonyl (C=O) groups is 1. The Labute approximate surface area is 132 Å². The summed E-state index contributed by atoms with van der Waals surface area (Å²) in [5.41, 5.74) is 1.84. The number of benzene rings is 1. The number of anilines is 1. The van der Waals surface area contributed by atoms with E-state index in [0.717, 1.165) is 36.9 Å². The summed E-state index contributed by atoms with van der Waals surface area (Å²) in [7, 11) is 0. The van der Waals surface area contributed by atoms with Crippen LogP contribution in [0.4, 0.5) is 10.5 Å². The van der Waals surface area contributed by atoms with E-state index in [-0.39, 0.29) is 24.6 Å². The number of nitrogens with one attached hydrogen (secondary N) is 2. The van der Waals surface area contributed by atoms with Crippen LogP contribution in [0.3, 0.4) is 0 Å². The van der Waals surface area contributed by atoms with Gasteiger partial charge in [-0.25, -0.2) is 4.79 Å². The number of amides is 2. The molecule has 1 aliphatic rings. The zero-order valence-corrected chi connectivity index (χ0v) is 13.2. The van der Waals surface area contributed by atoms with E-state index < -0.39 is 0 Å². The van der Waals surface area contributed by atoms with Crippen molar-refractivity contribution in [3.05, 3.63) is 29.8 Å². The topological polar surface area (TPSA) is 70.6 Å². The number of ether oxygens (including phenoxy) is 1. The second-order valence-corrected chi connectivity index (χ2v) is 5.77. The molecule has 5 nitrogen and oxygen atoms in total. The van der Waals surface area contributed by atoms with Gasteiger partial charge in [-0.1, -0.05) is 25.0 Å². The number of carbonyl (C=O) groups excluding carboxylic acids is 1. The minimum absolute atomic E-state index is 0.0657. The third kappa shape index (κ3) is 5.00. The molecule has 0 bridgehead atoms. The van der Waals surface area contributed by atoms with Gasteiger partial charge in [0.15, 0.2) is 0 Å². The Morgan fingerprint density at radius 3 is 2.68 bits per heavy atom. The van der Waals surface area contributed by atoms with Crippen molar-refractivity contribution < 1.29 is 14.6 Å². The highest BCUT2D eigenvalue weighted by atomic mass is 16.5. The van der Waals surface area contributed by atoms with Gasteiger partial charge in [-0.05, 0) is 37.5 Å². The number of hydrogen-bond acceptors (Lipinski definition) is 3. The second-order valence-electron chi connectivity index (χ2n) is 5.77. The number of aliphatic hydroxyl groups is 1. The van der Waals surface area contributed by atoms with E-state index in [1.807, 2.05) is 31.2 Å². The number of rotatable bonds is 6. The van der Waals surface area contributed by atoms with Crippen LogP contribution in [0.25, 0.3) is 0 Å². The van der Waals surface area contributed by atoms with Crippen molar-refractivity contribution in [2.24, 2.45) is 5.92 Å². The Kier molecular flexibility index (Phi) is 6.68. The van der Waals surface area contributed by atoms with Crippen LogP contribution in [0.5, 0.6) is 0 Å². The molecule has 0 heterocycles. The summed E-state index contributed by atoms with van der Waals surface area (Å²) in [5, 5.41) is 15.2. The Bertz CT molecular complexity index is 461. The molecule has 1 aliphatic carbocycles. The molecule has 5 heteroatoms. The maximum Gasteiger partial charge on any atom is 0.319 e. The lowest BCUT2D eigenvalue weighted by molar-refractivity contribution is 0.134. The van der Waals surface area contributed by atoms with Gasteiger partial charge in [0.2, 0.25) is 0 Å². The quantitative estimate of drug-likeness (QED) is 0.757. The fourth-order valence-electron chi connectivity index (χ4n) is 2.86. The third-order valence-corrected chi connectivity index (χ3v) is 4.14. The van der Waals surface area contributed by atoms with Crippen molar-refractivity contribution in [1.82, 2.24) is 5.32 Å². The molecular formula is C17H26N2O3. The molecule has 1 fully saturated rings. The Hall–Kier alpha value is -1.59. The molecule has 0 saturated heterocycles. The van der Waals surface area contributed by atoms with E-state index in [2.05, 4.69) is 10.6 Å². The first-order valence-electron chi connectivity index (χ1n) is 8.08. The SMILES string of the molecule is CCOCc1ccc(NC(=O)N[C@H]2CCCC[C@@H]2CO)cc1. The first-order chi connectivity index (χ1) is 10.7. The van der Waals surface area contributed by atoms with Crippen molar-refractivity contribution in [3.63, 3.8) is 0 Å². The predicted molar refractivity (Wildman–Crippen MR) is 86.8 cm³/mol. The van der Waals surface area contributed by atoms with Gasteiger partial charge < -0.3 is 20.5 Å². The van der Waals surface area contributed by atoms with Crippen LogP contribution in [0.2, 0.25) is 0 Å². The summed E-state index contributed by atoms with van der Waals surface area (Å²) in [6.07, 6.45) is 4.15. The molecule has 3 N–H and O–H groups in total. The van der Waals surface area contributed by atoms with Crippen LogP contribution in [0.1, 0.15) is 38.2 Å². The predicted octanol–water partition coefficient (Wildman–Crippen LogP) is 2.90. The van der Waals surface area contributed by atoms with E-state index in [9.17, 15) is 9.90 Å². The fraction of sp³-hybridized carbons (Fsp3) is 0.588. The average Bonchev–Trinajstić information content (AvgIpc) is 2.54. The Morgan fingerprint density at radius 2 is 2.00 bits per heavy atom. The molecule has 0 unspecified atom stereocenters. The van der Waals surface area contributed by atoms with Gasteiger partial charge in [0.05, 0.1) is 6.61 Å². The molecule has 2 amide bonds. The van der Waals surface area contributed by atoms with Gasteiger partial charge >= 0.3 is 6.03 Å². The molecule has 0 aliphatic heterocycles. The van der Waals surface area contributed by atoms with Crippen molar-refractivity contribution in [2.75, 3.05) is 18.5 Å². The largest absolute Gasteiger partial charge is 0.396 e. The van der Waals surface area contributed by atoms with E-state index in [4.69, 9.17) is 4.74 Å². The number of aliphatic hydroxyl groups excluding tert-OH is 1. The van der Waals surface area contributed by atoms with Gasteiger partial charge in [0.1, 0.15) is 0 Å². The zero-order valence-electron chi connectivity index (χ0n) is 13.2. The summed E-state index contributed by atoms with van der Waals surface area (Å²) in [5.74, 6) is 0.174. The number of urea groups is 1. The lowest BCUT2D eigenvalue weighted by Crippen LogP contribution is -2.45. The first kappa shape index (κ1) is 16.8. The van der Waals surface area contributed by atoms with Crippen LogP contribution >= 0.6 is 0 Å². The van der Waals surface area contributed by atoms with E-state index in [0.29, 0.717) is 13.2 Å². The highest BCUT2D eigenvalue weighted by Crippen LogP contribution is 2.24. The van der Waals surface area contributed by atoms with Crippen LogP contribution in [-0.2, 0) is 11.3 Å². The fourth-order valence-corrected chi connectivity index (χ4v) is 2.86. The van der Waals surface area contributed by atoms with E-state index >= 15 is 0 Å². The van der Waals surface area contributed by atoms with Crippen LogP contribution < -0.4 is 10.6 Å². The molecule has 2 rings (SSSR count). The van der Waals surface area contributed by atoms with Crippen LogP contribution in [-0.4, -0.2) is 30.4 Å². The van der Waals surface area contributed by atoms with Gasteiger partial charge in [0, 0.05) is 30.9 Å². The standard InChI is InChI=1S/C17H26N2O3/c1-2-22-12-13-7-9-15(10-8-13)18-17(21)19-16-6-4-3-5-14(16)11-20/h7-10,14,16,20H,2-6,11-12H2,1H3,(H2,18,19,21)/t14-,16+/m1/s1. The summed E-state index contributed by atoms with van der Waals surface area (Å²) in [6.45, 7) is 3.38. The second kappa shape index (κ2) is 8.76. The monoisotopic (exact) mass is 306 g/mol. The van der Waals surface area contributed by atoms with Gasteiger partial charge in [-0.3, -0.25) is 0 Å². The van der Waals surface area contributed by atoms with Gasteiger partial charge in [-0.15, -0.1) is 0 Å². The highest BCUT2D eigenvalue weighted by Gasteiger charge is 2.25. The molecule has 1 aromatic rings. The average molecular weight is 306 g/mol. The zero-order chi connectivity index (χ0) is 15.8. The van der Waals surface area contributed by atoms with Crippen LogP contribution in [0.15, 0.2) is 24.3 Å². The Balaban J connectivity index is 1.83. The minimum atomic E-state index is -0.206. The van der Waals surface area contributed by atoms with E-state index in [1.165, 1.54) is 0 Å². The maximum atomic E-state index is 12.1. The van der Waals surface area contributed by atoms with E-state index in [1.54, 1.807) is 0 Å². The molecule has 0 radical (unpaired) electrons. The molecular weight excluding hydrogens is 280 g/mol. The normalized spacial score (nSPS) is 21.4.